The maximum Gasteiger partial charge on any atom is 0.265 e. The van der Waals surface area contributed by atoms with Gasteiger partial charge < -0.3 is 10.1 Å². The quantitative estimate of drug-likeness (QED) is 0.565. The Labute approximate surface area is 160 Å². The third-order valence-electron chi connectivity index (χ3n) is 4.38. The van der Waals surface area contributed by atoms with Gasteiger partial charge in [-0.25, -0.2) is 0 Å². The van der Waals surface area contributed by atoms with Crippen molar-refractivity contribution in [1.82, 2.24) is 14.9 Å². The van der Waals surface area contributed by atoms with E-state index in [1.165, 1.54) is 0 Å². The molecule has 1 amide bonds. The summed E-state index contributed by atoms with van der Waals surface area (Å²) in [5.74, 6) is 0.577. The third-order valence-corrected chi connectivity index (χ3v) is 5.10. The lowest BCUT2D eigenvalue weighted by molar-refractivity contribution is 0.0955. The third kappa shape index (κ3) is 3.52. The SMILES string of the molecule is COc1ccc(-c2nnsc2C(=O)NCc2cccc3ccccc23)cc1. The maximum atomic E-state index is 12.7. The number of amides is 1. The normalized spacial score (nSPS) is 10.7. The van der Waals surface area contributed by atoms with Gasteiger partial charge in [0.25, 0.3) is 5.91 Å². The second-order valence-corrected chi connectivity index (χ2v) is 6.75. The lowest BCUT2D eigenvalue weighted by atomic mass is 10.0. The molecule has 0 atom stereocenters. The number of nitrogens with one attached hydrogen (secondary N) is 1. The van der Waals surface area contributed by atoms with Gasteiger partial charge in [-0.15, -0.1) is 5.10 Å². The second-order valence-electron chi connectivity index (χ2n) is 6.00. The van der Waals surface area contributed by atoms with Crippen LogP contribution in [0.25, 0.3) is 22.0 Å². The molecule has 0 unspecified atom stereocenters. The van der Waals surface area contributed by atoms with Crippen molar-refractivity contribution in [2.75, 3.05) is 7.11 Å². The molecular formula is C21H17N3O2S. The number of carbonyl (C=O) groups excluding carboxylic acids is 1. The summed E-state index contributed by atoms with van der Waals surface area (Å²) in [7, 11) is 1.62. The van der Waals surface area contributed by atoms with Crippen molar-refractivity contribution in [2.45, 2.75) is 6.54 Å². The van der Waals surface area contributed by atoms with E-state index in [0.717, 1.165) is 39.2 Å². The van der Waals surface area contributed by atoms with E-state index >= 15 is 0 Å². The van der Waals surface area contributed by atoms with Gasteiger partial charge in [-0.2, -0.15) is 0 Å². The summed E-state index contributed by atoms with van der Waals surface area (Å²) >= 11 is 1.10. The average molecular weight is 375 g/mol. The number of fused-ring (bicyclic) bond motifs is 1. The number of ether oxygens (including phenoxy) is 1. The highest BCUT2D eigenvalue weighted by atomic mass is 32.1. The molecule has 0 aliphatic rings. The van der Waals surface area contributed by atoms with E-state index in [1.54, 1.807) is 7.11 Å². The van der Waals surface area contributed by atoms with Gasteiger partial charge in [-0.1, -0.05) is 47.0 Å². The van der Waals surface area contributed by atoms with Crippen molar-refractivity contribution >= 4 is 28.2 Å². The molecule has 0 aliphatic heterocycles. The second kappa shape index (κ2) is 7.55. The maximum absolute atomic E-state index is 12.7. The van der Waals surface area contributed by atoms with Crippen LogP contribution in [-0.4, -0.2) is 22.6 Å². The summed E-state index contributed by atoms with van der Waals surface area (Å²) < 4.78 is 9.14. The highest BCUT2D eigenvalue weighted by Crippen LogP contribution is 2.26. The van der Waals surface area contributed by atoms with Crippen LogP contribution in [0.4, 0.5) is 0 Å². The van der Waals surface area contributed by atoms with E-state index in [0.29, 0.717) is 17.1 Å². The van der Waals surface area contributed by atoms with Crippen LogP contribution in [0.5, 0.6) is 5.75 Å². The largest absolute Gasteiger partial charge is 0.497 e. The number of rotatable bonds is 5. The summed E-state index contributed by atoms with van der Waals surface area (Å²) in [5, 5.41) is 9.42. The van der Waals surface area contributed by atoms with Crippen LogP contribution in [0.1, 0.15) is 15.2 Å². The highest BCUT2D eigenvalue weighted by Gasteiger charge is 2.18. The molecule has 4 aromatic rings. The van der Waals surface area contributed by atoms with Gasteiger partial charge in [0.15, 0.2) is 0 Å². The molecular weight excluding hydrogens is 358 g/mol. The molecule has 134 valence electrons. The van der Waals surface area contributed by atoms with E-state index in [2.05, 4.69) is 33.1 Å². The van der Waals surface area contributed by atoms with Gasteiger partial charge in [0, 0.05) is 12.1 Å². The van der Waals surface area contributed by atoms with E-state index in [1.807, 2.05) is 48.5 Å². The Morgan fingerprint density at radius 2 is 1.81 bits per heavy atom. The van der Waals surface area contributed by atoms with Crippen molar-refractivity contribution < 1.29 is 9.53 Å². The zero-order valence-electron chi connectivity index (χ0n) is 14.7. The Kier molecular flexibility index (Phi) is 4.80. The fourth-order valence-corrected chi connectivity index (χ4v) is 3.58. The fourth-order valence-electron chi connectivity index (χ4n) is 2.98. The van der Waals surface area contributed by atoms with Crippen LogP contribution in [0.3, 0.4) is 0 Å². The number of aromatic nitrogens is 2. The molecule has 0 spiro atoms. The molecule has 0 fully saturated rings. The van der Waals surface area contributed by atoms with Gasteiger partial charge >= 0.3 is 0 Å². The van der Waals surface area contributed by atoms with Crippen molar-refractivity contribution in [1.29, 1.82) is 0 Å². The number of carbonyl (C=O) groups is 1. The number of benzene rings is 3. The predicted molar refractivity (Wildman–Crippen MR) is 107 cm³/mol. The summed E-state index contributed by atoms with van der Waals surface area (Å²) in [5.41, 5.74) is 2.49. The zero-order valence-corrected chi connectivity index (χ0v) is 15.5. The lowest BCUT2D eigenvalue weighted by Crippen LogP contribution is -2.22. The lowest BCUT2D eigenvalue weighted by Gasteiger charge is -2.08. The average Bonchev–Trinajstić information content (AvgIpc) is 3.22. The van der Waals surface area contributed by atoms with Crippen LogP contribution >= 0.6 is 11.5 Å². The summed E-state index contributed by atoms with van der Waals surface area (Å²) in [6, 6.07) is 21.7. The molecule has 0 saturated carbocycles. The van der Waals surface area contributed by atoms with Crippen molar-refractivity contribution in [3.8, 4) is 17.0 Å². The molecule has 1 N–H and O–H groups in total. The van der Waals surface area contributed by atoms with Gasteiger partial charge in [-0.05, 0) is 52.1 Å². The highest BCUT2D eigenvalue weighted by molar-refractivity contribution is 7.08. The van der Waals surface area contributed by atoms with Crippen LogP contribution in [-0.2, 0) is 6.54 Å². The van der Waals surface area contributed by atoms with Crippen LogP contribution in [0.15, 0.2) is 66.7 Å². The van der Waals surface area contributed by atoms with Crippen LogP contribution < -0.4 is 10.1 Å². The number of hydrogen-bond acceptors (Lipinski definition) is 5. The van der Waals surface area contributed by atoms with Gasteiger partial charge in [0.1, 0.15) is 16.3 Å². The smallest absolute Gasteiger partial charge is 0.265 e. The van der Waals surface area contributed by atoms with E-state index in [4.69, 9.17) is 4.74 Å². The first kappa shape index (κ1) is 17.2. The molecule has 6 heteroatoms. The van der Waals surface area contributed by atoms with Crippen molar-refractivity contribution in [3.63, 3.8) is 0 Å². The van der Waals surface area contributed by atoms with Gasteiger partial charge in [0.05, 0.1) is 7.11 Å². The zero-order chi connectivity index (χ0) is 18.6. The minimum absolute atomic E-state index is 0.177. The number of hydrogen-bond donors (Lipinski definition) is 1. The molecule has 1 heterocycles. The van der Waals surface area contributed by atoms with E-state index in [9.17, 15) is 4.79 Å². The molecule has 27 heavy (non-hydrogen) atoms. The Hall–Kier alpha value is -3.25. The first-order chi connectivity index (χ1) is 13.3. The topological polar surface area (TPSA) is 64.1 Å². The minimum Gasteiger partial charge on any atom is -0.497 e. The number of nitrogens with zero attached hydrogens (tertiary/aromatic N) is 2. The van der Waals surface area contributed by atoms with E-state index < -0.39 is 0 Å². The summed E-state index contributed by atoms with van der Waals surface area (Å²) in [6.07, 6.45) is 0. The Balaban J connectivity index is 1.54. The molecule has 4 rings (SSSR count). The Bertz CT molecular complexity index is 1080. The Morgan fingerprint density at radius 1 is 1.04 bits per heavy atom. The van der Waals surface area contributed by atoms with E-state index in [-0.39, 0.29) is 5.91 Å². The summed E-state index contributed by atoms with van der Waals surface area (Å²) in [6.45, 7) is 0.445. The van der Waals surface area contributed by atoms with Gasteiger partial charge in [-0.3, -0.25) is 4.79 Å². The monoisotopic (exact) mass is 375 g/mol. The van der Waals surface area contributed by atoms with Crippen LogP contribution in [0.2, 0.25) is 0 Å². The first-order valence-electron chi connectivity index (χ1n) is 8.48. The molecule has 0 radical (unpaired) electrons. The van der Waals surface area contributed by atoms with Gasteiger partial charge in [0.2, 0.25) is 0 Å². The Morgan fingerprint density at radius 3 is 2.63 bits per heavy atom. The van der Waals surface area contributed by atoms with Crippen molar-refractivity contribution in [3.05, 3.63) is 77.2 Å². The first-order valence-corrected chi connectivity index (χ1v) is 9.25. The molecule has 1 aromatic heterocycles. The van der Waals surface area contributed by atoms with Crippen molar-refractivity contribution in [2.24, 2.45) is 0 Å². The molecule has 5 nitrogen and oxygen atoms in total. The predicted octanol–water partition coefficient (Wildman–Crippen LogP) is 4.30. The number of methoxy groups -OCH3 is 1. The minimum atomic E-state index is -0.177. The molecule has 3 aromatic carbocycles. The molecule has 0 saturated heterocycles. The fraction of sp³-hybridized carbons (Fsp3) is 0.0952. The summed E-state index contributed by atoms with van der Waals surface area (Å²) in [4.78, 5) is 13.2. The molecule has 0 aliphatic carbocycles. The van der Waals surface area contributed by atoms with Crippen LogP contribution in [0, 0.1) is 0 Å². The molecule has 0 bridgehead atoms. The standard InChI is InChI=1S/C21H17N3O2S/c1-26-17-11-9-15(10-12-17)19-20(27-24-23-19)21(25)22-13-16-7-4-6-14-5-2-3-8-18(14)16/h2-12H,13H2,1H3,(H,22,25).